The summed E-state index contributed by atoms with van der Waals surface area (Å²) in [6.07, 6.45) is 1.23. The summed E-state index contributed by atoms with van der Waals surface area (Å²) in [5.41, 5.74) is 2.37. The second-order valence-electron chi connectivity index (χ2n) is 4.81. The summed E-state index contributed by atoms with van der Waals surface area (Å²) in [4.78, 5) is 25.7. The van der Waals surface area contributed by atoms with Crippen LogP contribution in [-0.4, -0.2) is 66.6 Å². The van der Waals surface area contributed by atoms with E-state index in [1.165, 1.54) is 18.3 Å². The molecule has 9 heteroatoms. The van der Waals surface area contributed by atoms with Gasteiger partial charge in [0.2, 0.25) is 0 Å². The molecule has 1 fully saturated rings. The Hall–Kier alpha value is -2.26. The number of nitrogens with one attached hydrogen (secondary N) is 1. The second kappa shape index (κ2) is 6.95. The lowest BCUT2D eigenvalue weighted by atomic mass is 10.3. The van der Waals surface area contributed by atoms with Crippen molar-refractivity contribution in [1.82, 2.24) is 15.2 Å². The highest BCUT2D eigenvalue weighted by atomic mass is 16.6. The Labute approximate surface area is 121 Å². The summed E-state index contributed by atoms with van der Waals surface area (Å²) < 4.78 is 4.87. The standard InChI is InChI=1S/C12H17N5O4/c1-15-4-6-16(7-5-15)9-11(18)14-13-8-10-2-3-12(21-10)17(19)20/h2-3,8H,4-7,9H2,1H3,(H,14,18). The highest BCUT2D eigenvalue weighted by Crippen LogP contribution is 2.13. The van der Waals surface area contributed by atoms with Crippen molar-refractivity contribution in [3.8, 4) is 0 Å². The molecule has 0 saturated carbocycles. The minimum atomic E-state index is -0.636. The van der Waals surface area contributed by atoms with Crippen LogP contribution in [0.5, 0.6) is 0 Å². The van der Waals surface area contributed by atoms with Crippen molar-refractivity contribution in [2.45, 2.75) is 0 Å². The molecule has 1 saturated heterocycles. The molecule has 114 valence electrons. The zero-order chi connectivity index (χ0) is 15.2. The molecule has 1 aromatic heterocycles. The van der Waals surface area contributed by atoms with Gasteiger partial charge in [-0.3, -0.25) is 19.8 Å². The number of likely N-dealkylation sites (N-methyl/N-ethyl adjacent to an activating group) is 1. The van der Waals surface area contributed by atoms with Gasteiger partial charge in [-0.25, -0.2) is 5.43 Å². The second-order valence-corrected chi connectivity index (χ2v) is 4.81. The smallest absolute Gasteiger partial charge is 0.400 e. The Bertz CT molecular complexity index is 534. The Balaban J connectivity index is 1.75. The Morgan fingerprint density at radius 1 is 1.48 bits per heavy atom. The molecule has 1 aliphatic rings. The van der Waals surface area contributed by atoms with Gasteiger partial charge in [0.25, 0.3) is 5.91 Å². The largest absolute Gasteiger partial charge is 0.433 e. The van der Waals surface area contributed by atoms with E-state index in [2.05, 4.69) is 15.4 Å². The van der Waals surface area contributed by atoms with Crippen molar-refractivity contribution in [3.63, 3.8) is 0 Å². The highest BCUT2D eigenvalue weighted by Gasteiger charge is 2.16. The molecular weight excluding hydrogens is 278 g/mol. The van der Waals surface area contributed by atoms with Gasteiger partial charge < -0.3 is 9.32 Å². The van der Waals surface area contributed by atoms with E-state index >= 15 is 0 Å². The third kappa shape index (κ3) is 4.65. The van der Waals surface area contributed by atoms with Crippen LogP contribution < -0.4 is 5.43 Å². The maximum absolute atomic E-state index is 11.7. The Kier molecular flexibility index (Phi) is 5.01. The van der Waals surface area contributed by atoms with Gasteiger partial charge in [0.05, 0.1) is 18.8 Å². The molecule has 1 amide bonds. The van der Waals surface area contributed by atoms with Gasteiger partial charge in [-0.1, -0.05) is 0 Å². The molecule has 1 aliphatic heterocycles. The number of hydrazone groups is 1. The highest BCUT2D eigenvalue weighted by molar-refractivity contribution is 5.81. The van der Waals surface area contributed by atoms with E-state index in [-0.39, 0.29) is 24.1 Å². The number of carbonyl (C=O) groups excluding carboxylic acids is 1. The number of amides is 1. The third-order valence-electron chi connectivity index (χ3n) is 3.14. The first kappa shape index (κ1) is 15.1. The van der Waals surface area contributed by atoms with E-state index in [4.69, 9.17) is 4.42 Å². The zero-order valence-electron chi connectivity index (χ0n) is 11.7. The normalized spacial score (nSPS) is 17.2. The number of furan rings is 1. The summed E-state index contributed by atoms with van der Waals surface area (Å²) >= 11 is 0. The van der Waals surface area contributed by atoms with Crippen LogP contribution in [0.1, 0.15) is 5.76 Å². The van der Waals surface area contributed by atoms with Crippen molar-refractivity contribution in [2.24, 2.45) is 5.10 Å². The molecule has 0 radical (unpaired) electrons. The molecule has 2 heterocycles. The predicted octanol–water partition coefficient (Wildman–Crippen LogP) is -0.115. The van der Waals surface area contributed by atoms with Crippen LogP contribution in [0.3, 0.4) is 0 Å². The van der Waals surface area contributed by atoms with Gasteiger partial charge in [0, 0.05) is 26.2 Å². The van der Waals surface area contributed by atoms with Crippen molar-refractivity contribution in [3.05, 3.63) is 28.0 Å². The number of hydrogen-bond donors (Lipinski definition) is 1. The van der Waals surface area contributed by atoms with Crippen LogP contribution in [0.4, 0.5) is 5.88 Å². The van der Waals surface area contributed by atoms with Crippen LogP contribution >= 0.6 is 0 Å². The average molecular weight is 295 g/mol. The maximum Gasteiger partial charge on any atom is 0.433 e. The summed E-state index contributed by atoms with van der Waals surface area (Å²) in [5, 5.41) is 14.1. The first-order valence-electron chi connectivity index (χ1n) is 6.51. The molecule has 0 aliphatic carbocycles. The average Bonchev–Trinajstić information content (AvgIpc) is 2.90. The van der Waals surface area contributed by atoms with E-state index in [0.29, 0.717) is 0 Å². The monoisotopic (exact) mass is 295 g/mol. The molecule has 0 aromatic carbocycles. The van der Waals surface area contributed by atoms with E-state index in [9.17, 15) is 14.9 Å². The van der Waals surface area contributed by atoms with Crippen LogP contribution in [0.25, 0.3) is 0 Å². The van der Waals surface area contributed by atoms with Gasteiger partial charge in [-0.15, -0.1) is 0 Å². The fourth-order valence-electron chi connectivity index (χ4n) is 1.92. The van der Waals surface area contributed by atoms with Gasteiger partial charge in [0.15, 0.2) is 5.76 Å². The third-order valence-corrected chi connectivity index (χ3v) is 3.14. The molecular formula is C12H17N5O4. The van der Waals surface area contributed by atoms with Crippen molar-refractivity contribution >= 4 is 18.0 Å². The lowest BCUT2D eigenvalue weighted by Gasteiger charge is -2.31. The molecule has 21 heavy (non-hydrogen) atoms. The van der Waals surface area contributed by atoms with Gasteiger partial charge >= 0.3 is 5.88 Å². The lowest BCUT2D eigenvalue weighted by molar-refractivity contribution is -0.402. The molecule has 2 rings (SSSR count). The van der Waals surface area contributed by atoms with Crippen molar-refractivity contribution in [2.75, 3.05) is 39.8 Å². The first-order valence-corrected chi connectivity index (χ1v) is 6.51. The fourth-order valence-corrected chi connectivity index (χ4v) is 1.92. The molecule has 1 aromatic rings. The number of nitrogens with zero attached hydrogens (tertiary/aromatic N) is 4. The SMILES string of the molecule is CN1CCN(CC(=O)NN=Cc2ccc([N+](=O)[O-])o2)CC1. The van der Waals surface area contributed by atoms with Crippen LogP contribution in [0.2, 0.25) is 0 Å². The molecule has 0 atom stereocenters. The van der Waals surface area contributed by atoms with E-state index in [1.807, 2.05) is 11.9 Å². The van der Waals surface area contributed by atoms with Crippen LogP contribution in [0.15, 0.2) is 21.7 Å². The van der Waals surface area contributed by atoms with Gasteiger partial charge in [-0.05, 0) is 13.1 Å². The summed E-state index contributed by atoms with van der Waals surface area (Å²) in [6, 6.07) is 2.64. The maximum atomic E-state index is 11.7. The summed E-state index contributed by atoms with van der Waals surface area (Å²) in [5.74, 6) is -0.376. The number of rotatable bonds is 5. The Morgan fingerprint density at radius 2 is 2.19 bits per heavy atom. The van der Waals surface area contributed by atoms with Crippen molar-refractivity contribution < 1.29 is 14.1 Å². The molecule has 1 N–H and O–H groups in total. The van der Waals surface area contributed by atoms with Gasteiger partial charge in [-0.2, -0.15) is 5.10 Å². The number of carbonyl (C=O) groups is 1. The first-order chi connectivity index (χ1) is 10.0. The Morgan fingerprint density at radius 3 is 2.81 bits per heavy atom. The van der Waals surface area contributed by atoms with Crippen molar-refractivity contribution in [1.29, 1.82) is 0 Å². The van der Waals surface area contributed by atoms with Gasteiger partial charge in [0.1, 0.15) is 4.92 Å². The van der Waals surface area contributed by atoms with Crippen LogP contribution in [-0.2, 0) is 4.79 Å². The van der Waals surface area contributed by atoms with E-state index in [0.717, 1.165) is 26.2 Å². The van der Waals surface area contributed by atoms with E-state index < -0.39 is 4.92 Å². The zero-order valence-corrected chi connectivity index (χ0v) is 11.7. The van der Waals surface area contributed by atoms with E-state index in [1.54, 1.807) is 0 Å². The quantitative estimate of drug-likeness (QED) is 0.461. The summed E-state index contributed by atoms with van der Waals surface area (Å²) in [7, 11) is 2.05. The molecule has 0 unspecified atom stereocenters. The molecule has 0 spiro atoms. The summed E-state index contributed by atoms with van der Waals surface area (Å²) in [6.45, 7) is 3.85. The van der Waals surface area contributed by atoms with Crippen LogP contribution in [0, 0.1) is 10.1 Å². The predicted molar refractivity (Wildman–Crippen MR) is 75.0 cm³/mol. The number of nitro groups is 1. The number of hydrogen-bond acceptors (Lipinski definition) is 7. The molecule has 9 nitrogen and oxygen atoms in total. The molecule has 0 bridgehead atoms. The minimum Gasteiger partial charge on any atom is -0.400 e. The minimum absolute atomic E-state index is 0.210. The topological polar surface area (TPSA) is 104 Å². The number of piperazine rings is 1. The lowest BCUT2D eigenvalue weighted by Crippen LogP contribution is -2.47. The fraction of sp³-hybridized carbons (Fsp3) is 0.500.